The first-order valence-corrected chi connectivity index (χ1v) is 9.25. The van der Waals surface area contributed by atoms with Gasteiger partial charge in [0.05, 0.1) is 14.2 Å². The Hall–Kier alpha value is -3.03. The number of hydrogen-bond donors (Lipinski definition) is 2. The third-order valence-corrected chi connectivity index (χ3v) is 4.24. The maximum absolute atomic E-state index is 12.5. The Balaban J connectivity index is 1.80. The van der Waals surface area contributed by atoms with Gasteiger partial charge in [-0.2, -0.15) is 8.78 Å². The average molecular weight is 407 g/mol. The summed E-state index contributed by atoms with van der Waals surface area (Å²) in [6.45, 7) is -1.84. The van der Waals surface area contributed by atoms with E-state index in [2.05, 4.69) is 20.4 Å². The Labute approximate surface area is 169 Å². The summed E-state index contributed by atoms with van der Waals surface area (Å²) in [7, 11) is 4.88. The van der Waals surface area contributed by atoms with Crippen molar-refractivity contribution in [2.45, 2.75) is 26.0 Å². The van der Waals surface area contributed by atoms with Crippen molar-refractivity contribution < 1.29 is 23.0 Å². The molecule has 0 amide bonds. The number of halogens is 2. The van der Waals surface area contributed by atoms with E-state index < -0.39 is 6.61 Å². The average Bonchev–Trinajstić information content (AvgIpc) is 2.73. The third kappa shape index (κ3) is 7.14. The fraction of sp³-hybridized carbons (Fsp3) is 0.381. The van der Waals surface area contributed by atoms with Crippen LogP contribution >= 0.6 is 0 Å². The van der Waals surface area contributed by atoms with E-state index in [0.29, 0.717) is 36.1 Å². The first kappa shape index (κ1) is 22.3. The molecule has 6 nitrogen and oxygen atoms in total. The summed E-state index contributed by atoms with van der Waals surface area (Å²) in [6.07, 6.45) is 1.73. The number of ether oxygens (including phenoxy) is 3. The highest BCUT2D eigenvalue weighted by Gasteiger charge is 2.09. The summed E-state index contributed by atoms with van der Waals surface area (Å²) in [6, 6.07) is 12.5. The highest BCUT2D eigenvalue weighted by molar-refractivity contribution is 5.79. The van der Waals surface area contributed by atoms with E-state index in [9.17, 15) is 8.78 Å². The molecular formula is C21H27F2N3O3. The van der Waals surface area contributed by atoms with Crippen LogP contribution in [0.15, 0.2) is 47.5 Å². The molecule has 2 aromatic rings. The minimum Gasteiger partial charge on any atom is -0.493 e. The molecule has 0 radical (unpaired) electrons. The fourth-order valence-electron chi connectivity index (χ4n) is 2.80. The normalized spacial score (nSPS) is 11.3. The molecule has 0 saturated heterocycles. The van der Waals surface area contributed by atoms with Gasteiger partial charge < -0.3 is 24.8 Å². The predicted octanol–water partition coefficient (Wildman–Crippen LogP) is 3.60. The number of alkyl halides is 2. The Morgan fingerprint density at radius 1 is 1.00 bits per heavy atom. The fourth-order valence-corrected chi connectivity index (χ4v) is 2.80. The minimum atomic E-state index is -2.86. The Morgan fingerprint density at radius 2 is 1.76 bits per heavy atom. The SMILES string of the molecule is CN=C(NCCCc1ccc(OC)c(OC)c1)NCc1ccccc1OC(F)F. The van der Waals surface area contributed by atoms with Gasteiger partial charge in [-0.1, -0.05) is 24.3 Å². The lowest BCUT2D eigenvalue weighted by atomic mass is 10.1. The van der Waals surface area contributed by atoms with Gasteiger partial charge in [-0.05, 0) is 36.6 Å². The molecular weight excluding hydrogens is 380 g/mol. The van der Waals surface area contributed by atoms with Gasteiger partial charge in [-0.3, -0.25) is 4.99 Å². The molecule has 8 heteroatoms. The zero-order valence-electron chi connectivity index (χ0n) is 16.9. The largest absolute Gasteiger partial charge is 0.493 e. The van der Waals surface area contributed by atoms with E-state index >= 15 is 0 Å². The van der Waals surface area contributed by atoms with Gasteiger partial charge in [0, 0.05) is 25.7 Å². The number of rotatable bonds is 10. The molecule has 0 saturated carbocycles. The monoisotopic (exact) mass is 407 g/mol. The van der Waals surface area contributed by atoms with Crippen molar-refractivity contribution in [2.75, 3.05) is 27.8 Å². The van der Waals surface area contributed by atoms with E-state index in [1.807, 2.05) is 18.2 Å². The van der Waals surface area contributed by atoms with E-state index in [4.69, 9.17) is 9.47 Å². The molecule has 0 aromatic heterocycles. The predicted molar refractivity (Wildman–Crippen MR) is 109 cm³/mol. The Kier molecular flexibility index (Phi) is 9.01. The molecule has 0 atom stereocenters. The van der Waals surface area contributed by atoms with Crippen LogP contribution in [0.25, 0.3) is 0 Å². The van der Waals surface area contributed by atoms with Crippen LogP contribution in [0.4, 0.5) is 8.78 Å². The van der Waals surface area contributed by atoms with Crippen molar-refractivity contribution in [3.8, 4) is 17.2 Å². The first-order chi connectivity index (χ1) is 14.1. The standard InChI is InChI=1S/C21H27F2N3O3/c1-24-21(26-14-16-8-4-5-9-17(16)29-20(22)23)25-12-6-7-15-10-11-18(27-2)19(13-15)28-3/h4-5,8-11,13,20H,6-7,12,14H2,1-3H3,(H2,24,25,26). The topological polar surface area (TPSA) is 64.1 Å². The molecule has 0 heterocycles. The number of aryl methyl sites for hydroxylation is 1. The van der Waals surface area contributed by atoms with Gasteiger partial charge in [-0.15, -0.1) is 0 Å². The third-order valence-electron chi connectivity index (χ3n) is 4.24. The number of nitrogens with zero attached hydrogens (tertiary/aromatic N) is 1. The number of nitrogens with one attached hydrogen (secondary N) is 2. The molecule has 0 spiro atoms. The molecule has 0 aliphatic heterocycles. The second-order valence-corrected chi connectivity index (χ2v) is 6.13. The van der Waals surface area contributed by atoms with Crippen LogP contribution in [-0.2, 0) is 13.0 Å². The number of para-hydroxylation sites is 1. The molecule has 2 N–H and O–H groups in total. The maximum atomic E-state index is 12.5. The van der Waals surface area contributed by atoms with Gasteiger partial charge in [0.1, 0.15) is 5.75 Å². The van der Waals surface area contributed by atoms with E-state index in [0.717, 1.165) is 18.4 Å². The lowest BCUT2D eigenvalue weighted by Crippen LogP contribution is -2.37. The van der Waals surface area contributed by atoms with Crippen LogP contribution in [0.2, 0.25) is 0 Å². The van der Waals surface area contributed by atoms with E-state index in [1.54, 1.807) is 39.5 Å². The highest BCUT2D eigenvalue weighted by atomic mass is 19.3. The van der Waals surface area contributed by atoms with Gasteiger partial charge in [0.25, 0.3) is 0 Å². The second-order valence-electron chi connectivity index (χ2n) is 6.13. The number of aliphatic imine (C=N–C) groups is 1. The summed E-state index contributed by atoms with van der Waals surface area (Å²) in [4.78, 5) is 4.16. The van der Waals surface area contributed by atoms with Crippen molar-refractivity contribution in [3.63, 3.8) is 0 Å². The number of methoxy groups -OCH3 is 2. The summed E-state index contributed by atoms with van der Waals surface area (Å²) in [5.41, 5.74) is 1.77. The molecule has 29 heavy (non-hydrogen) atoms. The Morgan fingerprint density at radius 3 is 2.45 bits per heavy atom. The van der Waals surface area contributed by atoms with Gasteiger partial charge in [0.2, 0.25) is 0 Å². The minimum absolute atomic E-state index is 0.152. The summed E-state index contributed by atoms with van der Waals surface area (Å²) < 4.78 is 40.1. The van der Waals surface area contributed by atoms with Crippen molar-refractivity contribution in [2.24, 2.45) is 4.99 Å². The maximum Gasteiger partial charge on any atom is 0.387 e. The Bertz CT molecular complexity index is 800. The lowest BCUT2D eigenvalue weighted by molar-refractivity contribution is -0.0504. The molecule has 0 unspecified atom stereocenters. The number of guanidine groups is 1. The van der Waals surface area contributed by atoms with Gasteiger partial charge in [0.15, 0.2) is 17.5 Å². The lowest BCUT2D eigenvalue weighted by Gasteiger charge is -2.14. The summed E-state index contributed by atoms with van der Waals surface area (Å²) in [5.74, 6) is 2.15. The number of benzene rings is 2. The quantitative estimate of drug-likeness (QED) is 0.358. The van der Waals surface area contributed by atoms with E-state index in [-0.39, 0.29) is 5.75 Å². The van der Waals surface area contributed by atoms with Crippen LogP contribution in [0.1, 0.15) is 17.5 Å². The van der Waals surface area contributed by atoms with Crippen LogP contribution < -0.4 is 24.8 Å². The summed E-state index contributed by atoms with van der Waals surface area (Å²) in [5, 5.41) is 6.32. The molecule has 0 fully saturated rings. The molecule has 0 aliphatic carbocycles. The van der Waals surface area contributed by atoms with Crippen molar-refractivity contribution in [3.05, 3.63) is 53.6 Å². The van der Waals surface area contributed by atoms with Crippen LogP contribution in [0.3, 0.4) is 0 Å². The zero-order valence-corrected chi connectivity index (χ0v) is 16.9. The summed E-state index contributed by atoms with van der Waals surface area (Å²) >= 11 is 0. The second kappa shape index (κ2) is 11.7. The van der Waals surface area contributed by atoms with E-state index in [1.165, 1.54) is 6.07 Å². The van der Waals surface area contributed by atoms with Crippen molar-refractivity contribution in [1.82, 2.24) is 10.6 Å². The molecule has 0 bridgehead atoms. The number of hydrogen-bond acceptors (Lipinski definition) is 4. The van der Waals surface area contributed by atoms with Crippen molar-refractivity contribution in [1.29, 1.82) is 0 Å². The highest BCUT2D eigenvalue weighted by Crippen LogP contribution is 2.27. The molecule has 0 aliphatic rings. The molecule has 2 aromatic carbocycles. The first-order valence-electron chi connectivity index (χ1n) is 9.25. The van der Waals surface area contributed by atoms with Gasteiger partial charge in [-0.25, -0.2) is 0 Å². The van der Waals surface area contributed by atoms with Crippen LogP contribution in [0, 0.1) is 0 Å². The van der Waals surface area contributed by atoms with Crippen molar-refractivity contribution >= 4 is 5.96 Å². The molecule has 2 rings (SSSR count). The molecule has 158 valence electrons. The van der Waals surface area contributed by atoms with Crippen LogP contribution in [0.5, 0.6) is 17.2 Å². The van der Waals surface area contributed by atoms with Gasteiger partial charge >= 0.3 is 6.61 Å². The zero-order chi connectivity index (χ0) is 21.1. The van der Waals surface area contributed by atoms with Crippen LogP contribution in [-0.4, -0.2) is 40.4 Å². The smallest absolute Gasteiger partial charge is 0.387 e.